The van der Waals surface area contributed by atoms with Gasteiger partial charge in [-0.1, -0.05) is 38.1 Å². The van der Waals surface area contributed by atoms with E-state index in [1.165, 1.54) is 11.1 Å². The van der Waals surface area contributed by atoms with Crippen molar-refractivity contribution in [3.05, 3.63) is 35.4 Å². The molecule has 1 atom stereocenters. The average molecular weight is 429 g/mol. The molecule has 2 aliphatic rings. The summed E-state index contributed by atoms with van der Waals surface area (Å²) in [5, 5.41) is 3.31. The monoisotopic (exact) mass is 428 g/mol. The van der Waals surface area contributed by atoms with Crippen LogP contribution in [0.5, 0.6) is 0 Å². The van der Waals surface area contributed by atoms with Crippen LogP contribution in [0.25, 0.3) is 0 Å². The number of likely N-dealkylation sites (tertiary alicyclic amines) is 2. The van der Waals surface area contributed by atoms with Crippen LogP contribution in [0.4, 0.5) is 4.79 Å². The van der Waals surface area contributed by atoms with Gasteiger partial charge in [-0.25, -0.2) is 4.79 Å². The second-order valence-electron chi connectivity index (χ2n) is 9.94. The molecule has 2 fully saturated rings. The fourth-order valence-corrected chi connectivity index (χ4v) is 4.76. The highest BCUT2D eigenvalue weighted by Crippen LogP contribution is 2.20. The number of nitrogens with zero attached hydrogens (tertiary/aromatic N) is 3. The number of hydrogen-bond acceptors (Lipinski definition) is 3. The van der Waals surface area contributed by atoms with Crippen molar-refractivity contribution >= 4 is 11.9 Å². The summed E-state index contributed by atoms with van der Waals surface area (Å²) < 4.78 is 0. The smallest absolute Gasteiger partial charge is 0.319 e. The molecule has 0 aliphatic carbocycles. The molecule has 2 heterocycles. The summed E-state index contributed by atoms with van der Waals surface area (Å²) in [6.07, 6.45) is 4.80. The molecular weight excluding hydrogens is 388 g/mol. The summed E-state index contributed by atoms with van der Waals surface area (Å²) in [6, 6.07) is 9.28. The molecule has 0 saturated carbocycles. The molecule has 0 unspecified atom stereocenters. The van der Waals surface area contributed by atoms with Crippen molar-refractivity contribution in [2.45, 2.75) is 58.5 Å². The average Bonchev–Trinajstić information content (AvgIpc) is 2.74. The lowest BCUT2D eigenvalue weighted by molar-refractivity contribution is -0.127. The molecule has 0 aromatic heterocycles. The van der Waals surface area contributed by atoms with Crippen molar-refractivity contribution in [3.63, 3.8) is 0 Å². The van der Waals surface area contributed by atoms with Gasteiger partial charge in [-0.15, -0.1) is 0 Å². The Labute approximate surface area is 188 Å². The maximum atomic E-state index is 12.8. The Kier molecular flexibility index (Phi) is 8.35. The van der Waals surface area contributed by atoms with E-state index in [1.54, 1.807) is 19.0 Å². The molecule has 1 aromatic carbocycles. The topological polar surface area (TPSA) is 55.9 Å². The molecule has 3 amide bonds. The predicted molar refractivity (Wildman–Crippen MR) is 125 cm³/mol. The van der Waals surface area contributed by atoms with E-state index in [1.807, 2.05) is 4.90 Å². The number of urea groups is 1. The van der Waals surface area contributed by atoms with Crippen LogP contribution in [0.2, 0.25) is 0 Å². The summed E-state index contributed by atoms with van der Waals surface area (Å²) in [4.78, 5) is 30.8. The molecule has 172 valence electrons. The van der Waals surface area contributed by atoms with Crippen LogP contribution < -0.4 is 5.32 Å². The van der Waals surface area contributed by atoms with E-state index in [9.17, 15) is 9.59 Å². The van der Waals surface area contributed by atoms with Crippen LogP contribution in [0.15, 0.2) is 24.3 Å². The SMILES string of the molecule is CC(C)Cc1ccc(CN2CCC[C@H](NC(=O)C3CCN(C(=O)N(C)C)CC3)C2)cc1. The fourth-order valence-electron chi connectivity index (χ4n) is 4.76. The van der Waals surface area contributed by atoms with E-state index in [2.05, 4.69) is 48.3 Å². The minimum Gasteiger partial charge on any atom is -0.352 e. The van der Waals surface area contributed by atoms with Crippen LogP contribution in [0.3, 0.4) is 0 Å². The molecule has 2 aliphatic heterocycles. The quantitative estimate of drug-likeness (QED) is 0.756. The van der Waals surface area contributed by atoms with Gasteiger partial charge < -0.3 is 15.1 Å². The first-order valence-corrected chi connectivity index (χ1v) is 11.9. The summed E-state index contributed by atoms with van der Waals surface area (Å²) >= 11 is 0. The van der Waals surface area contributed by atoms with Crippen molar-refractivity contribution in [2.75, 3.05) is 40.3 Å². The summed E-state index contributed by atoms with van der Waals surface area (Å²) in [5.41, 5.74) is 2.75. The highest BCUT2D eigenvalue weighted by atomic mass is 16.2. The van der Waals surface area contributed by atoms with Gasteiger partial charge in [-0.3, -0.25) is 9.69 Å². The van der Waals surface area contributed by atoms with Gasteiger partial charge in [0.1, 0.15) is 0 Å². The van der Waals surface area contributed by atoms with Crippen LogP contribution in [-0.2, 0) is 17.8 Å². The molecule has 0 radical (unpaired) electrons. The van der Waals surface area contributed by atoms with E-state index in [-0.39, 0.29) is 23.9 Å². The third-order valence-corrected chi connectivity index (χ3v) is 6.44. The number of amides is 3. The van der Waals surface area contributed by atoms with Crippen molar-refractivity contribution in [2.24, 2.45) is 11.8 Å². The maximum absolute atomic E-state index is 12.8. The van der Waals surface area contributed by atoms with Crippen molar-refractivity contribution in [3.8, 4) is 0 Å². The maximum Gasteiger partial charge on any atom is 0.319 e. The number of benzene rings is 1. The molecule has 0 bridgehead atoms. The number of hydrogen-bond donors (Lipinski definition) is 1. The molecule has 6 heteroatoms. The molecule has 1 aromatic rings. The van der Waals surface area contributed by atoms with Crippen molar-refractivity contribution in [1.29, 1.82) is 0 Å². The van der Waals surface area contributed by atoms with Gasteiger partial charge in [0.15, 0.2) is 0 Å². The van der Waals surface area contributed by atoms with Crippen molar-refractivity contribution in [1.82, 2.24) is 20.0 Å². The number of nitrogens with one attached hydrogen (secondary N) is 1. The van der Waals surface area contributed by atoms with Gasteiger partial charge in [0, 0.05) is 52.2 Å². The van der Waals surface area contributed by atoms with Gasteiger partial charge in [-0.05, 0) is 55.7 Å². The normalized spacial score (nSPS) is 20.7. The Hall–Kier alpha value is -2.08. The molecule has 0 spiro atoms. The number of piperidine rings is 2. The van der Waals surface area contributed by atoms with Gasteiger partial charge in [0.2, 0.25) is 5.91 Å². The standard InChI is InChI=1S/C25H40N4O2/c1-19(2)16-20-7-9-21(10-8-20)17-28-13-5-6-23(18-28)26-24(30)22-11-14-29(15-12-22)25(31)27(3)4/h7-10,19,22-23H,5-6,11-18H2,1-4H3,(H,26,30)/t23-/m0/s1. The highest BCUT2D eigenvalue weighted by molar-refractivity contribution is 5.80. The van der Waals surface area contributed by atoms with E-state index in [4.69, 9.17) is 0 Å². The fraction of sp³-hybridized carbons (Fsp3) is 0.680. The molecule has 6 nitrogen and oxygen atoms in total. The van der Waals surface area contributed by atoms with Gasteiger partial charge in [0.25, 0.3) is 0 Å². The first kappa shape index (κ1) is 23.6. The largest absolute Gasteiger partial charge is 0.352 e. The van der Waals surface area contributed by atoms with Crippen molar-refractivity contribution < 1.29 is 9.59 Å². The van der Waals surface area contributed by atoms with E-state index in [0.29, 0.717) is 19.0 Å². The number of carbonyl (C=O) groups excluding carboxylic acids is 2. The number of rotatable bonds is 6. The highest BCUT2D eigenvalue weighted by Gasteiger charge is 2.30. The van der Waals surface area contributed by atoms with Gasteiger partial charge >= 0.3 is 6.03 Å². The molecule has 1 N–H and O–H groups in total. The van der Waals surface area contributed by atoms with Crippen LogP contribution >= 0.6 is 0 Å². The Morgan fingerprint density at radius 2 is 1.68 bits per heavy atom. The van der Waals surface area contributed by atoms with Gasteiger partial charge in [-0.2, -0.15) is 0 Å². The molecular formula is C25H40N4O2. The molecule has 3 rings (SSSR count). The first-order valence-electron chi connectivity index (χ1n) is 11.9. The summed E-state index contributed by atoms with van der Waals surface area (Å²) in [7, 11) is 3.55. The summed E-state index contributed by atoms with van der Waals surface area (Å²) in [5.74, 6) is 0.870. The van der Waals surface area contributed by atoms with E-state index < -0.39 is 0 Å². The predicted octanol–water partition coefficient (Wildman–Crippen LogP) is 3.36. The Morgan fingerprint density at radius 3 is 2.29 bits per heavy atom. The Balaban J connectivity index is 1.44. The third-order valence-electron chi connectivity index (χ3n) is 6.44. The zero-order valence-electron chi connectivity index (χ0n) is 19.8. The Morgan fingerprint density at radius 1 is 1.03 bits per heavy atom. The lowest BCUT2D eigenvalue weighted by atomic mass is 9.95. The minimum absolute atomic E-state index is 0.0232. The first-order chi connectivity index (χ1) is 14.8. The van der Waals surface area contributed by atoms with Gasteiger partial charge in [0.05, 0.1) is 0 Å². The molecule has 31 heavy (non-hydrogen) atoms. The minimum atomic E-state index is 0.0232. The Bertz CT molecular complexity index is 724. The second kappa shape index (κ2) is 11.0. The van der Waals surface area contributed by atoms with Crippen LogP contribution in [0, 0.1) is 11.8 Å². The van der Waals surface area contributed by atoms with Crippen LogP contribution in [0.1, 0.15) is 50.7 Å². The van der Waals surface area contributed by atoms with Crippen LogP contribution in [-0.4, -0.2) is 73.0 Å². The lowest BCUT2D eigenvalue weighted by Gasteiger charge is -2.36. The summed E-state index contributed by atoms with van der Waals surface area (Å²) in [6.45, 7) is 8.78. The number of carbonyl (C=O) groups is 2. The zero-order valence-corrected chi connectivity index (χ0v) is 19.8. The second-order valence-corrected chi connectivity index (χ2v) is 9.94. The third kappa shape index (κ3) is 6.96. The zero-order chi connectivity index (χ0) is 22.4. The van der Waals surface area contributed by atoms with E-state index >= 15 is 0 Å². The lowest BCUT2D eigenvalue weighted by Crippen LogP contribution is -2.51. The molecule has 2 saturated heterocycles. The van der Waals surface area contributed by atoms with E-state index in [0.717, 1.165) is 51.7 Å².